The van der Waals surface area contributed by atoms with Crippen molar-refractivity contribution in [1.29, 1.82) is 0 Å². The van der Waals surface area contributed by atoms with Gasteiger partial charge in [-0.15, -0.1) is 6.42 Å². The van der Waals surface area contributed by atoms with Crippen LogP contribution in [-0.2, 0) is 4.79 Å². The van der Waals surface area contributed by atoms with Crippen LogP contribution in [0.15, 0.2) is 12.1 Å². The van der Waals surface area contributed by atoms with Gasteiger partial charge in [-0.3, -0.25) is 9.69 Å². The zero-order valence-corrected chi connectivity index (χ0v) is 15.0. The lowest BCUT2D eigenvalue weighted by atomic mass is 9.96. The van der Waals surface area contributed by atoms with Crippen LogP contribution in [0.3, 0.4) is 0 Å². The first-order valence-corrected chi connectivity index (χ1v) is 8.93. The Morgan fingerprint density at radius 2 is 2.28 bits per heavy atom. The lowest BCUT2D eigenvalue weighted by Gasteiger charge is -2.35. The third-order valence-electron chi connectivity index (χ3n) is 5.00. The molecule has 2 aliphatic rings. The average Bonchev–Trinajstić information content (AvgIpc) is 2.62. The van der Waals surface area contributed by atoms with Gasteiger partial charge in [0.25, 0.3) is 0 Å². The first kappa shape index (κ1) is 17.6. The Morgan fingerprint density at radius 3 is 3.04 bits per heavy atom. The second kappa shape index (κ2) is 7.79. The molecule has 1 fully saturated rings. The lowest BCUT2D eigenvalue weighted by molar-refractivity contribution is -0.128. The van der Waals surface area contributed by atoms with Crippen LogP contribution >= 0.6 is 0 Å². The summed E-state index contributed by atoms with van der Waals surface area (Å²) in [6.07, 6.45) is 9.25. The molecule has 5 heteroatoms. The zero-order valence-electron chi connectivity index (χ0n) is 15.0. The number of carbonyl (C=O) groups is 1. The van der Waals surface area contributed by atoms with Gasteiger partial charge in [-0.05, 0) is 37.9 Å². The van der Waals surface area contributed by atoms with Crippen molar-refractivity contribution in [2.75, 3.05) is 26.8 Å². The standard InChI is InChI=1S/C20H26N2O3/c1-4-9-22-10-6-5-7-17(22)20(23)21-16-8-11-25-19-15(16)12-14(2)13-18(19)24-3/h1,12-13,16-17H,5-11H2,2-3H3,(H,21,23)/t16-,17-/m1/s1. The van der Waals surface area contributed by atoms with Crippen molar-refractivity contribution in [3.05, 3.63) is 23.3 Å². The number of methoxy groups -OCH3 is 1. The van der Waals surface area contributed by atoms with Crippen LogP contribution in [-0.4, -0.2) is 43.7 Å². The van der Waals surface area contributed by atoms with Gasteiger partial charge in [0.05, 0.1) is 32.3 Å². The summed E-state index contributed by atoms with van der Waals surface area (Å²) < 4.78 is 11.2. The van der Waals surface area contributed by atoms with Crippen LogP contribution in [0, 0.1) is 19.3 Å². The number of fused-ring (bicyclic) bond motifs is 1. The number of piperidine rings is 1. The van der Waals surface area contributed by atoms with Crippen LogP contribution in [0.4, 0.5) is 0 Å². The topological polar surface area (TPSA) is 50.8 Å². The molecule has 2 atom stereocenters. The Bertz CT molecular complexity index is 680. The number of hydrogen-bond donors (Lipinski definition) is 1. The van der Waals surface area contributed by atoms with Crippen molar-refractivity contribution >= 4 is 5.91 Å². The number of benzene rings is 1. The summed E-state index contributed by atoms with van der Waals surface area (Å²) in [5.74, 6) is 4.20. The number of hydrogen-bond acceptors (Lipinski definition) is 4. The molecule has 3 rings (SSSR count). The Hall–Kier alpha value is -2.19. The van der Waals surface area contributed by atoms with Crippen LogP contribution in [0.2, 0.25) is 0 Å². The molecule has 0 saturated carbocycles. The molecule has 0 radical (unpaired) electrons. The molecule has 5 nitrogen and oxygen atoms in total. The van der Waals surface area contributed by atoms with Crippen molar-refractivity contribution in [3.8, 4) is 23.8 Å². The smallest absolute Gasteiger partial charge is 0.237 e. The van der Waals surface area contributed by atoms with Crippen molar-refractivity contribution in [1.82, 2.24) is 10.2 Å². The number of rotatable bonds is 4. The summed E-state index contributed by atoms with van der Waals surface area (Å²) in [4.78, 5) is 15.0. The van der Waals surface area contributed by atoms with Gasteiger partial charge in [0, 0.05) is 12.0 Å². The minimum Gasteiger partial charge on any atom is -0.493 e. The summed E-state index contributed by atoms with van der Waals surface area (Å²) >= 11 is 0. The van der Waals surface area contributed by atoms with E-state index in [1.807, 2.05) is 13.0 Å². The molecule has 0 aromatic heterocycles. The molecule has 0 unspecified atom stereocenters. The Balaban J connectivity index is 1.79. The van der Waals surface area contributed by atoms with Gasteiger partial charge in [0.15, 0.2) is 11.5 Å². The molecule has 1 aromatic rings. The molecule has 1 N–H and O–H groups in total. The van der Waals surface area contributed by atoms with E-state index in [-0.39, 0.29) is 18.0 Å². The third kappa shape index (κ3) is 3.74. The fourth-order valence-corrected chi connectivity index (χ4v) is 3.78. The predicted octanol–water partition coefficient (Wildman–Crippen LogP) is 2.43. The van der Waals surface area contributed by atoms with E-state index in [0.29, 0.717) is 13.2 Å². The fraction of sp³-hybridized carbons (Fsp3) is 0.550. The first-order chi connectivity index (χ1) is 12.1. The Kier molecular flexibility index (Phi) is 5.50. The second-order valence-corrected chi connectivity index (χ2v) is 6.77. The molecule has 134 valence electrons. The zero-order chi connectivity index (χ0) is 17.8. The molecule has 1 aromatic carbocycles. The molecule has 2 aliphatic heterocycles. The number of nitrogens with one attached hydrogen (secondary N) is 1. The van der Waals surface area contributed by atoms with Gasteiger partial charge in [-0.1, -0.05) is 18.4 Å². The molecular weight excluding hydrogens is 316 g/mol. The van der Waals surface area contributed by atoms with E-state index in [1.165, 1.54) is 0 Å². The van der Waals surface area contributed by atoms with E-state index < -0.39 is 0 Å². The lowest BCUT2D eigenvalue weighted by Crippen LogP contribution is -2.50. The van der Waals surface area contributed by atoms with Crippen LogP contribution in [0.25, 0.3) is 0 Å². The highest BCUT2D eigenvalue weighted by molar-refractivity contribution is 5.82. The molecule has 1 amide bonds. The van der Waals surface area contributed by atoms with E-state index in [4.69, 9.17) is 15.9 Å². The van der Waals surface area contributed by atoms with E-state index in [1.54, 1.807) is 7.11 Å². The molecule has 25 heavy (non-hydrogen) atoms. The monoisotopic (exact) mass is 342 g/mol. The van der Waals surface area contributed by atoms with Gasteiger partial charge in [0.2, 0.25) is 5.91 Å². The highest BCUT2D eigenvalue weighted by atomic mass is 16.5. The predicted molar refractivity (Wildman–Crippen MR) is 96.8 cm³/mol. The first-order valence-electron chi connectivity index (χ1n) is 8.93. The van der Waals surface area contributed by atoms with E-state index in [2.05, 4.69) is 22.2 Å². The number of carbonyl (C=O) groups excluding carboxylic acids is 1. The normalized spacial score (nSPS) is 23.1. The Labute approximate surface area is 149 Å². The number of likely N-dealkylation sites (tertiary alicyclic amines) is 1. The van der Waals surface area contributed by atoms with Gasteiger partial charge >= 0.3 is 0 Å². The maximum absolute atomic E-state index is 12.9. The summed E-state index contributed by atoms with van der Waals surface area (Å²) in [5.41, 5.74) is 2.09. The Morgan fingerprint density at radius 1 is 1.44 bits per heavy atom. The van der Waals surface area contributed by atoms with Crippen molar-refractivity contribution in [2.45, 2.75) is 44.7 Å². The number of terminal acetylenes is 1. The van der Waals surface area contributed by atoms with Crippen LogP contribution in [0.1, 0.15) is 42.9 Å². The molecule has 0 spiro atoms. The molecule has 0 aliphatic carbocycles. The van der Waals surface area contributed by atoms with Crippen molar-refractivity contribution in [2.24, 2.45) is 0 Å². The number of nitrogens with zero attached hydrogens (tertiary/aromatic N) is 1. The van der Waals surface area contributed by atoms with E-state index in [9.17, 15) is 4.79 Å². The summed E-state index contributed by atoms with van der Waals surface area (Å²) in [5, 5.41) is 3.23. The number of amides is 1. The van der Waals surface area contributed by atoms with Gasteiger partial charge in [0.1, 0.15) is 0 Å². The molecule has 1 saturated heterocycles. The molecule has 2 heterocycles. The summed E-state index contributed by atoms with van der Waals surface area (Å²) in [6, 6.07) is 3.84. The minimum absolute atomic E-state index is 0.0559. The number of aryl methyl sites for hydroxylation is 1. The van der Waals surface area contributed by atoms with Gasteiger partial charge in [-0.25, -0.2) is 0 Å². The summed E-state index contributed by atoms with van der Waals surface area (Å²) in [7, 11) is 1.64. The average molecular weight is 342 g/mol. The van der Waals surface area contributed by atoms with Crippen molar-refractivity contribution < 1.29 is 14.3 Å². The highest BCUT2D eigenvalue weighted by Crippen LogP contribution is 2.40. The van der Waals surface area contributed by atoms with Crippen molar-refractivity contribution in [3.63, 3.8) is 0 Å². The third-order valence-corrected chi connectivity index (χ3v) is 5.00. The SMILES string of the molecule is C#CCN1CCCC[C@@H]1C(=O)N[C@@H]1CCOc2c(OC)cc(C)cc21. The quantitative estimate of drug-likeness (QED) is 0.854. The van der Waals surface area contributed by atoms with Crippen LogP contribution in [0.5, 0.6) is 11.5 Å². The highest BCUT2D eigenvalue weighted by Gasteiger charge is 2.32. The maximum Gasteiger partial charge on any atom is 0.237 e. The summed E-state index contributed by atoms with van der Waals surface area (Å²) in [6.45, 7) is 4.00. The van der Waals surface area contributed by atoms with Gasteiger partial charge in [-0.2, -0.15) is 0 Å². The number of ether oxygens (including phenoxy) is 2. The minimum atomic E-state index is -0.136. The van der Waals surface area contributed by atoms with E-state index >= 15 is 0 Å². The second-order valence-electron chi connectivity index (χ2n) is 6.77. The maximum atomic E-state index is 12.9. The largest absolute Gasteiger partial charge is 0.493 e. The molecular formula is C20H26N2O3. The van der Waals surface area contributed by atoms with E-state index in [0.717, 1.165) is 54.9 Å². The fourth-order valence-electron chi connectivity index (χ4n) is 3.78. The van der Waals surface area contributed by atoms with Gasteiger partial charge < -0.3 is 14.8 Å². The van der Waals surface area contributed by atoms with Crippen LogP contribution < -0.4 is 14.8 Å². The molecule has 0 bridgehead atoms.